The van der Waals surface area contributed by atoms with Crippen molar-refractivity contribution in [3.63, 3.8) is 0 Å². The summed E-state index contributed by atoms with van der Waals surface area (Å²) in [6.45, 7) is 2.13. The monoisotopic (exact) mass is 227 g/mol. The van der Waals surface area contributed by atoms with Crippen molar-refractivity contribution in [1.29, 1.82) is 0 Å². The lowest BCUT2D eigenvalue weighted by Gasteiger charge is -2.13. The first-order valence-corrected chi connectivity index (χ1v) is 6.19. The molecule has 84 valence electrons. The number of thioether (sulfide) groups is 1. The fraction of sp³-hybridized carbons (Fsp3) is 0.556. The third-order valence-electron chi connectivity index (χ3n) is 1.93. The fourth-order valence-electron chi connectivity index (χ4n) is 1.12. The van der Waals surface area contributed by atoms with Gasteiger partial charge in [0.1, 0.15) is 5.82 Å². The molecule has 1 rings (SSSR count). The van der Waals surface area contributed by atoms with Crippen LogP contribution in [-0.4, -0.2) is 28.0 Å². The molecule has 0 radical (unpaired) electrons. The third-order valence-corrected chi connectivity index (χ3v) is 2.58. The van der Waals surface area contributed by atoms with Crippen LogP contribution in [0.15, 0.2) is 12.4 Å². The third kappa shape index (κ3) is 4.35. The van der Waals surface area contributed by atoms with Crippen LogP contribution in [0, 0.1) is 0 Å². The van der Waals surface area contributed by atoms with Crippen LogP contribution >= 0.6 is 11.8 Å². The van der Waals surface area contributed by atoms with Crippen molar-refractivity contribution < 1.29 is 0 Å². The van der Waals surface area contributed by atoms with Gasteiger partial charge in [0, 0.05) is 6.04 Å². The Balaban J connectivity index is 2.48. The minimum Gasteiger partial charge on any atom is -0.366 e. The summed E-state index contributed by atoms with van der Waals surface area (Å²) in [5, 5.41) is 3.27. The molecule has 5 nitrogen and oxygen atoms in total. The molecule has 0 bridgehead atoms. The van der Waals surface area contributed by atoms with Gasteiger partial charge in [0.05, 0.1) is 12.4 Å². The second-order valence-corrected chi connectivity index (χ2v) is 4.25. The average Bonchev–Trinajstić information content (AvgIpc) is 2.26. The Labute approximate surface area is 94.2 Å². The highest BCUT2D eigenvalue weighted by molar-refractivity contribution is 7.98. The van der Waals surface area contributed by atoms with Crippen LogP contribution in [0.3, 0.4) is 0 Å². The number of nitrogen functional groups attached to an aromatic ring is 1. The lowest BCUT2D eigenvalue weighted by atomic mass is 10.2. The Bertz CT molecular complexity index is 294. The minimum atomic E-state index is 0.389. The lowest BCUT2D eigenvalue weighted by molar-refractivity contribution is 0.766. The minimum absolute atomic E-state index is 0.389. The largest absolute Gasteiger partial charge is 0.366 e. The molecule has 1 aromatic heterocycles. The first-order valence-electron chi connectivity index (χ1n) is 4.80. The number of hydrogen-bond acceptors (Lipinski definition) is 6. The predicted molar refractivity (Wildman–Crippen MR) is 65.9 cm³/mol. The average molecular weight is 227 g/mol. The standard InChI is InChI=1S/C9H17N5S/c1-7(3-4-15-2)12-8-5-11-6-9(13-8)14-10/h5-7H,3-4,10H2,1-2H3,(H2,12,13,14). The summed E-state index contributed by atoms with van der Waals surface area (Å²) in [6, 6.07) is 0.389. The Morgan fingerprint density at radius 3 is 2.87 bits per heavy atom. The van der Waals surface area contributed by atoms with E-state index in [-0.39, 0.29) is 0 Å². The van der Waals surface area contributed by atoms with Crippen molar-refractivity contribution in [3.8, 4) is 0 Å². The molecule has 6 heteroatoms. The van der Waals surface area contributed by atoms with E-state index in [9.17, 15) is 0 Å². The van der Waals surface area contributed by atoms with E-state index in [1.54, 1.807) is 12.4 Å². The van der Waals surface area contributed by atoms with Crippen molar-refractivity contribution >= 4 is 23.4 Å². The van der Waals surface area contributed by atoms with Crippen LogP contribution in [0.1, 0.15) is 13.3 Å². The molecule has 1 aromatic rings. The smallest absolute Gasteiger partial charge is 0.160 e. The van der Waals surface area contributed by atoms with Crippen molar-refractivity contribution in [1.82, 2.24) is 9.97 Å². The lowest BCUT2D eigenvalue weighted by Crippen LogP contribution is -2.18. The molecular formula is C9H17N5S. The molecule has 1 unspecified atom stereocenters. The first kappa shape index (κ1) is 12.1. The van der Waals surface area contributed by atoms with Crippen LogP contribution in [0.25, 0.3) is 0 Å². The molecule has 0 spiro atoms. The van der Waals surface area contributed by atoms with E-state index in [1.165, 1.54) is 0 Å². The van der Waals surface area contributed by atoms with Gasteiger partial charge in [0.15, 0.2) is 5.82 Å². The van der Waals surface area contributed by atoms with Crippen molar-refractivity contribution in [2.75, 3.05) is 22.8 Å². The number of hydrogen-bond donors (Lipinski definition) is 3. The number of nitrogens with zero attached hydrogens (tertiary/aromatic N) is 2. The maximum atomic E-state index is 5.25. The second-order valence-electron chi connectivity index (χ2n) is 3.26. The number of aromatic nitrogens is 2. The van der Waals surface area contributed by atoms with Gasteiger partial charge in [-0.2, -0.15) is 11.8 Å². The van der Waals surface area contributed by atoms with E-state index in [4.69, 9.17) is 5.84 Å². The molecule has 0 saturated heterocycles. The molecule has 15 heavy (non-hydrogen) atoms. The highest BCUT2D eigenvalue weighted by atomic mass is 32.2. The summed E-state index contributed by atoms with van der Waals surface area (Å²) in [5.41, 5.74) is 2.47. The highest BCUT2D eigenvalue weighted by Crippen LogP contribution is 2.09. The van der Waals surface area contributed by atoms with E-state index >= 15 is 0 Å². The topological polar surface area (TPSA) is 75.9 Å². The molecule has 0 fully saturated rings. The molecule has 0 aromatic carbocycles. The Morgan fingerprint density at radius 1 is 1.47 bits per heavy atom. The van der Waals surface area contributed by atoms with Crippen LogP contribution in [0.2, 0.25) is 0 Å². The molecule has 0 aliphatic carbocycles. The van der Waals surface area contributed by atoms with Gasteiger partial charge in [-0.1, -0.05) is 0 Å². The van der Waals surface area contributed by atoms with Crippen molar-refractivity contribution in [3.05, 3.63) is 12.4 Å². The highest BCUT2D eigenvalue weighted by Gasteiger charge is 2.03. The molecular weight excluding hydrogens is 210 g/mol. The molecule has 4 N–H and O–H groups in total. The summed E-state index contributed by atoms with van der Waals surface area (Å²) in [7, 11) is 0. The van der Waals surface area contributed by atoms with Gasteiger partial charge < -0.3 is 10.7 Å². The fourth-order valence-corrected chi connectivity index (χ4v) is 1.71. The summed E-state index contributed by atoms with van der Waals surface area (Å²) in [6.07, 6.45) is 6.47. The molecule has 1 heterocycles. The van der Waals surface area contributed by atoms with Gasteiger partial charge >= 0.3 is 0 Å². The van der Waals surface area contributed by atoms with Gasteiger partial charge in [-0.05, 0) is 25.4 Å². The summed E-state index contributed by atoms with van der Waals surface area (Å²) in [4.78, 5) is 8.24. The van der Waals surface area contributed by atoms with Crippen LogP contribution in [0.5, 0.6) is 0 Å². The molecule has 0 aliphatic heterocycles. The zero-order valence-electron chi connectivity index (χ0n) is 9.03. The van der Waals surface area contributed by atoms with Crippen molar-refractivity contribution in [2.24, 2.45) is 5.84 Å². The number of nitrogens with two attached hydrogens (primary N) is 1. The number of nitrogens with one attached hydrogen (secondary N) is 2. The maximum Gasteiger partial charge on any atom is 0.160 e. The van der Waals surface area contributed by atoms with Gasteiger partial charge in [0.2, 0.25) is 0 Å². The van der Waals surface area contributed by atoms with Gasteiger partial charge in [0.25, 0.3) is 0 Å². The van der Waals surface area contributed by atoms with Crippen LogP contribution < -0.4 is 16.6 Å². The molecule has 1 atom stereocenters. The molecule has 0 aliphatic rings. The van der Waals surface area contributed by atoms with Gasteiger partial charge in [-0.15, -0.1) is 0 Å². The number of anilines is 2. The van der Waals surface area contributed by atoms with E-state index in [0.717, 1.165) is 18.0 Å². The summed E-state index contributed by atoms with van der Waals surface area (Å²) >= 11 is 1.84. The van der Waals surface area contributed by atoms with E-state index in [0.29, 0.717) is 11.9 Å². The SMILES string of the molecule is CSCCC(C)Nc1cncc(NN)n1. The maximum absolute atomic E-state index is 5.25. The first-order chi connectivity index (χ1) is 7.26. The van der Waals surface area contributed by atoms with Crippen LogP contribution in [-0.2, 0) is 0 Å². The van der Waals surface area contributed by atoms with Gasteiger partial charge in [-0.3, -0.25) is 4.98 Å². The Morgan fingerprint density at radius 2 is 2.20 bits per heavy atom. The normalized spacial score (nSPS) is 12.2. The summed E-state index contributed by atoms with van der Waals surface area (Å²) < 4.78 is 0. The number of hydrazine groups is 1. The van der Waals surface area contributed by atoms with Gasteiger partial charge in [-0.25, -0.2) is 10.8 Å². The zero-order chi connectivity index (χ0) is 11.1. The molecule has 0 saturated carbocycles. The summed E-state index contributed by atoms with van der Waals surface area (Å²) in [5.74, 6) is 7.70. The second kappa shape index (κ2) is 6.47. The Kier molecular flexibility index (Phi) is 5.20. The van der Waals surface area contributed by atoms with Crippen LogP contribution in [0.4, 0.5) is 11.6 Å². The Hall–Kier alpha value is -1.01. The number of rotatable bonds is 6. The molecule has 0 amide bonds. The zero-order valence-corrected chi connectivity index (χ0v) is 9.84. The van der Waals surface area contributed by atoms with E-state index in [1.807, 2.05) is 11.8 Å². The van der Waals surface area contributed by atoms with E-state index in [2.05, 4.69) is 33.9 Å². The quantitative estimate of drug-likeness (QED) is 0.502. The van der Waals surface area contributed by atoms with Crippen molar-refractivity contribution in [2.45, 2.75) is 19.4 Å². The van der Waals surface area contributed by atoms with E-state index < -0.39 is 0 Å². The predicted octanol–water partition coefficient (Wildman–Crippen LogP) is 1.32.